The number of fused-ring (bicyclic) bond motifs is 1. The molecule has 2 saturated heterocycles. The topological polar surface area (TPSA) is 40.5 Å². The van der Waals surface area contributed by atoms with Crippen LogP contribution in [-0.2, 0) is 11.2 Å². The molecular weight excluding hydrogens is 274 g/mol. The van der Waals surface area contributed by atoms with Gasteiger partial charge >= 0.3 is 0 Å². The molecule has 22 heavy (non-hydrogen) atoms. The zero-order chi connectivity index (χ0) is 15.1. The van der Waals surface area contributed by atoms with E-state index in [2.05, 4.69) is 4.90 Å². The first-order valence-corrected chi connectivity index (χ1v) is 8.75. The van der Waals surface area contributed by atoms with Gasteiger partial charge in [-0.1, -0.05) is 18.2 Å². The van der Waals surface area contributed by atoms with Gasteiger partial charge in [0.05, 0.1) is 0 Å². The van der Waals surface area contributed by atoms with Crippen LogP contribution in [0.3, 0.4) is 0 Å². The average Bonchev–Trinajstić information content (AvgIpc) is 2.70. The number of carbonyl (C=O) groups excluding carboxylic acids is 1. The summed E-state index contributed by atoms with van der Waals surface area (Å²) in [5.74, 6) is 3.09. The molecule has 3 nitrogen and oxygen atoms in total. The molecule has 4 aliphatic rings. The summed E-state index contributed by atoms with van der Waals surface area (Å²) in [6.45, 7) is 0.983. The van der Waals surface area contributed by atoms with Crippen LogP contribution >= 0.6 is 0 Å². The van der Waals surface area contributed by atoms with E-state index in [4.69, 9.17) is 0 Å². The number of para-hydroxylation sites is 1. The Morgan fingerprint density at radius 3 is 2.45 bits per heavy atom. The van der Waals surface area contributed by atoms with Crippen molar-refractivity contribution in [2.24, 2.45) is 17.8 Å². The molecule has 4 fully saturated rings. The molecule has 1 N–H and O–H groups in total. The van der Waals surface area contributed by atoms with Crippen molar-refractivity contribution in [1.29, 1.82) is 0 Å². The maximum atomic E-state index is 12.7. The summed E-state index contributed by atoms with van der Waals surface area (Å²) < 4.78 is 0. The summed E-state index contributed by atoms with van der Waals surface area (Å²) in [6.07, 6.45) is 7.73. The zero-order valence-corrected chi connectivity index (χ0v) is 13.1. The van der Waals surface area contributed by atoms with Gasteiger partial charge in [-0.2, -0.15) is 0 Å². The molecule has 5 rings (SSSR count). The fourth-order valence-electron chi connectivity index (χ4n) is 5.20. The van der Waals surface area contributed by atoms with Gasteiger partial charge in [0.2, 0.25) is 5.91 Å². The Bertz CT molecular complexity index is 556. The third kappa shape index (κ3) is 2.62. The lowest BCUT2D eigenvalue weighted by molar-refractivity contribution is -0.134. The summed E-state index contributed by atoms with van der Waals surface area (Å²) in [7, 11) is 0. The fraction of sp³-hybridized carbons (Fsp3) is 0.632. The quantitative estimate of drug-likeness (QED) is 0.929. The van der Waals surface area contributed by atoms with Crippen LogP contribution in [0.25, 0.3) is 0 Å². The monoisotopic (exact) mass is 299 g/mol. The fourth-order valence-corrected chi connectivity index (χ4v) is 5.20. The predicted molar refractivity (Wildman–Crippen MR) is 85.5 cm³/mol. The number of amides is 1. The Labute approximate surface area is 132 Å². The smallest absolute Gasteiger partial charge is 0.223 e. The Morgan fingerprint density at radius 2 is 1.73 bits per heavy atom. The molecule has 1 aromatic rings. The lowest BCUT2D eigenvalue weighted by atomic mass is 9.68. The minimum Gasteiger partial charge on any atom is -0.508 e. The molecular formula is C19H25NO2. The number of phenols is 1. The summed E-state index contributed by atoms with van der Waals surface area (Å²) in [6, 6.07) is 7.86. The molecule has 2 heterocycles. The number of carbonyl (C=O) groups is 1. The van der Waals surface area contributed by atoms with E-state index < -0.39 is 0 Å². The van der Waals surface area contributed by atoms with E-state index in [0.29, 0.717) is 30.5 Å². The van der Waals surface area contributed by atoms with E-state index >= 15 is 0 Å². The van der Waals surface area contributed by atoms with Gasteiger partial charge in [0.25, 0.3) is 0 Å². The second kappa shape index (κ2) is 5.60. The molecule has 2 unspecified atom stereocenters. The van der Waals surface area contributed by atoms with Crippen molar-refractivity contribution in [3.05, 3.63) is 29.8 Å². The van der Waals surface area contributed by atoms with Crippen LogP contribution in [0.4, 0.5) is 0 Å². The van der Waals surface area contributed by atoms with Crippen molar-refractivity contribution in [2.75, 3.05) is 6.54 Å². The standard InChI is InChI=1S/C19H25NO2/c21-18-4-2-1-3-16(18)5-6-19(22)20-12-15-8-13-7-14(9-15)11-17(20)10-13/h1-4,13-15,17,21H,5-12H2. The molecule has 3 heteroatoms. The Morgan fingerprint density at radius 1 is 1.05 bits per heavy atom. The van der Waals surface area contributed by atoms with E-state index in [1.165, 1.54) is 32.1 Å². The second-order valence-corrected chi connectivity index (χ2v) is 7.61. The second-order valence-electron chi connectivity index (χ2n) is 7.61. The SMILES string of the molecule is O=C(CCc1ccccc1O)N1CC2CC3CC(C2)CC1C3. The molecule has 4 bridgehead atoms. The molecule has 2 atom stereocenters. The van der Waals surface area contributed by atoms with Gasteiger partial charge in [-0.25, -0.2) is 0 Å². The van der Waals surface area contributed by atoms with Gasteiger partial charge in [0.15, 0.2) is 0 Å². The van der Waals surface area contributed by atoms with E-state index in [1.807, 2.05) is 18.2 Å². The minimum atomic E-state index is 0.293. The number of aryl methyl sites for hydroxylation is 1. The highest BCUT2D eigenvalue weighted by Gasteiger charge is 2.43. The summed E-state index contributed by atoms with van der Waals surface area (Å²) in [4.78, 5) is 14.9. The summed E-state index contributed by atoms with van der Waals surface area (Å²) in [5, 5.41) is 9.84. The number of hydrogen-bond donors (Lipinski definition) is 1. The van der Waals surface area contributed by atoms with Crippen LogP contribution in [0.2, 0.25) is 0 Å². The molecule has 2 aliphatic carbocycles. The lowest BCUT2D eigenvalue weighted by Crippen LogP contribution is -2.42. The van der Waals surface area contributed by atoms with Crippen molar-refractivity contribution in [1.82, 2.24) is 4.90 Å². The Balaban J connectivity index is 1.43. The third-order valence-electron chi connectivity index (χ3n) is 6.03. The summed E-state index contributed by atoms with van der Waals surface area (Å²) in [5.41, 5.74) is 0.886. The third-order valence-corrected chi connectivity index (χ3v) is 6.03. The molecule has 2 saturated carbocycles. The van der Waals surface area contributed by atoms with E-state index in [9.17, 15) is 9.90 Å². The molecule has 0 radical (unpaired) electrons. The first-order valence-electron chi connectivity index (χ1n) is 8.75. The maximum Gasteiger partial charge on any atom is 0.223 e. The Hall–Kier alpha value is -1.51. The van der Waals surface area contributed by atoms with Gasteiger partial charge < -0.3 is 10.0 Å². The van der Waals surface area contributed by atoms with E-state index in [1.54, 1.807) is 6.07 Å². The number of hydrogen-bond acceptors (Lipinski definition) is 2. The Kier molecular flexibility index (Phi) is 3.59. The van der Waals surface area contributed by atoms with E-state index in [0.717, 1.165) is 29.9 Å². The molecule has 1 amide bonds. The molecule has 0 spiro atoms. The number of rotatable bonds is 3. The van der Waals surface area contributed by atoms with E-state index in [-0.39, 0.29) is 0 Å². The van der Waals surface area contributed by atoms with Crippen molar-refractivity contribution >= 4 is 5.91 Å². The lowest BCUT2D eigenvalue weighted by Gasteiger charge is -2.39. The number of aromatic hydroxyl groups is 1. The molecule has 1 aromatic carbocycles. The number of phenolic OH excluding ortho intramolecular Hbond substituents is 1. The highest BCUT2D eigenvalue weighted by atomic mass is 16.3. The van der Waals surface area contributed by atoms with Crippen LogP contribution in [0.5, 0.6) is 5.75 Å². The minimum absolute atomic E-state index is 0.293. The first-order chi connectivity index (χ1) is 10.7. The van der Waals surface area contributed by atoms with Crippen molar-refractivity contribution < 1.29 is 9.90 Å². The van der Waals surface area contributed by atoms with Crippen LogP contribution in [-0.4, -0.2) is 28.5 Å². The van der Waals surface area contributed by atoms with Gasteiger partial charge in [-0.15, -0.1) is 0 Å². The van der Waals surface area contributed by atoms with Crippen LogP contribution < -0.4 is 0 Å². The zero-order valence-electron chi connectivity index (χ0n) is 13.1. The predicted octanol–water partition coefficient (Wildman–Crippen LogP) is 3.36. The van der Waals surface area contributed by atoms with Gasteiger partial charge in [-0.3, -0.25) is 4.79 Å². The maximum absolute atomic E-state index is 12.7. The average molecular weight is 299 g/mol. The summed E-state index contributed by atoms with van der Waals surface area (Å²) >= 11 is 0. The normalized spacial score (nSPS) is 33.0. The highest BCUT2D eigenvalue weighted by molar-refractivity contribution is 5.77. The number of benzene rings is 1. The number of nitrogens with zero attached hydrogens (tertiary/aromatic N) is 1. The van der Waals surface area contributed by atoms with Gasteiger partial charge in [0, 0.05) is 19.0 Å². The van der Waals surface area contributed by atoms with Crippen LogP contribution in [0.1, 0.15) is 44.1 Å². The molecule has 0 aromatic heterocycles. The molecule has 2 aliphatic heterocycles. The largest absolute Gasteiger partial charge is 0.508 e. The highest BCUT2D eigenvalue weighted by Crippen LogP contribution is 2.47. The van der Waals surface area contributed by atoms with Crippen molar-refractivity contribution in [2.45, 2.75) is 51.0 Å². The van der Waals surface area contributed by atoms with Gasteiger partial charge in [0.1, 0.15) is 5.75 Å². The molecule has 118 valence electrons. The van der Waals surface area contributed by atoms with Crippen LogP contribution in [0, 0.1) is 17.8 Å². The van der Waals surface area contributed by atoms with Gasteiger partial charge in [-0.05, 0) is 67.9 Å². The van der Waals surface area contributed by atoms with Crippen LogP contribution in [0.15, 0.2) is 24.3 Å². The van der Waals surface area contributed by atoms with Crippen molar-refractivity contribution in [3.63, 3.8) is 0 Å². The van der Waals surface area contributed by atoms with Crippen molar-refractivity contribution in [3.8, 4) is 5.75 Å². The first kappa shape index (κ1) is 14.1.